The number of hydrogen-bond donors (Lipinski definition) is 0. The first-order valence-electron chi connectivity index (χ1n) is 7.85. The standard InChI is InChI=1S/C18H20O6/c1-17-9-10-18(15(20)22-2,16(21)23-3)12(13(17)14(19)24-17)11-7-5-4-6-8-11/h4-8,12-13H,9-10H2,1-3H3/t12-,13+,17+/m0/s1. The molecule has 1 saturated heterocycles. The summed E-state index contributed by atoms with van der Waals surface area (Å²) in [5, 5.41) is 0. The summed E-state index contributed by atoms with van der Waals surface area (Å²) in [6, 6.07) is 9.07. The van der Waals surface area contributed by atoms with E-state index in [1.54, 1.807) is 0 Å². The van der Waals surface area contributed by atoms with Gasteiger partial charge in [-0.2, -0.15) is 0 Å². The molecule has 0 aromatic heterocycles. The molecule has 1 saturated carbocycles. The van der Waals surface area contributed by atoms with Crippen molar-refractivity contribution in [2.45, 2.75) is 31.3 Å². The van der Waals surface area contributed by atoms with E-state index in [2.05, 4.69) is 0 Å². The van der Waals surface area contributed by atoms with Crippen molar-refractivity contribution in [3.05, 3.63) is 35.9 Å². The van der Waals surface area contributed by atoms with Gasteiger partial charge in [-0.25, -0.2) is 0 Å². The molecule has 3 atom stereocenters. The van der Waals surface area contributed by atoms with Crippen molar-refractivity contribution >= 4 is 17.9 Å². The molecule has 0 unspecified atom stereocenters. The van der Waals surface area contributed by atoms with Gasteiger partial charge in [0.05, 0.1) is 14.2 Å². The first-order valence-corrected chi connectivity index (χ1v) is 7.85. The predicted octanol–water partition coefficient (Wildman–Crippen LogP) is 1.83. The summed E-state index contributed by atoms with van der Waals surface area (Å²) in [5.41, 5.74) is -1.50. The smallest absolute Gasteiger partial charge is 0.323 e. The monoisotopic (exact) mass is 332 g/mol. The molecule has 128 valence electrons. The molecule has 0 N–H and O–H groups in total. The summed E-state index contributed by atoms with van der Waals surface area (Å²) in [6.07, 6.45) is 0.600. The molecule has 24 heavy (non-hydrogen) atoms. The number of esters is 3. The number of hydrogen-bond acceptors (Lipinski definition) is 6. The second kappa shape index (κ2) is 5.61. The number of fused-ring (bicyclic) bond motifs is 1. The van der Waals surface area contributed by atoms with Gasteiger partial charge in [0.15, 0.2) is 5.41 Å². The van der Waals surface area contributed by atoms with Crippen LogP contribution in [0, 0.1) is 11.3 Å². The van der Waals surface area contributed by atoms with Crippen LogP contribution in [0.2, 0.25) is 0 Å². The van der Waals surface area contributed by atoms with Gasteiger partial charge in [-0.05, 0) is 25.3 Å². The van der Waals surface area contributed by atoms with Gasteiger partial charge in [-0.1, -0.05) is 30.3 Å². The molecule has 1 aromatic carbocycles. The van der Waals surface area contributed by atoms with Crippen LogP contribution in [-0.2, 0) is 28.6 Å². The zero-order valence-electron chi connectivity index (χ0n) is 13.9. The van der Waals surface area contributed by atoms with E-state index >= 15 is 0 Å². The van der Waals surface area contributed by atoms with Crippen LogP contribution >= 0.6 is 0 Å². The summed E-state index contributed by atoms with van der Waals surface area (Å²) < 4.78 is 15.3. The van der Waals surface area contributed by atoms with Crippen molar-refractivity contribution in [1.29, 1.82) is 0 Å². The van der Waals surface area contributed by atoms with Crippen LogP contribution in [0.1, 0.15) is 31.2 Å². The Morgan fingerprint density at radius 2 is 1.62 bits per heavy atom. The molecule has 1 heterocycles. The Bertz CT molecular complexity index is 666. The number of benzene rings is 1. The van der Waals surface area contributed by atoms with Gasteiger partial charge in [0.2, 0.25) is 0 Å². The molecule has 0 spiro atoms. The summed E-state index contributed by atoms with van der Waals surface area (Å²) in [6.45, 7) is 1.84. The van der Waals surface area contributed by atoms with Crippen LogP contribution in [0.25, 0.3) is 0 Å². The number of carbonyl (C=O) groups is 3. The van der Waals surface area contributed by atoms with Crippen LogP contribution in [0.3, 0.4) is 0 Å². The van der Waals surface area contributed by atoms with Crippen LogP contribution in [0.4, 0.5) is 0 Å². The van der Waals surface area contributed by atoms with E-state index in [0.717, 1.165) is 5.56 Å². The lowest BCUT2D eigenvalue weighted by molar-refractivity contribution is -0.233. The zero-order valence-corrected chi connectivity index (χ0v) is 13.9. The maximum absolute atomic E-state index is 12.7. The Kier molecular flexibility index (Phi) is 3.86. The van der Waals surface area contributed by atoms with Gasteiger partial charge in [0.1, 0.15) is 11.5 Å². The number of carbonyl (C=O) groups excluding carboxylic acids is 3. The van der Waals surface area contributed by atoms with E-state index in [1.165, 1.54) is 14.2 Å². The van der Waals surface area contributed by atoms with Crippen LogP contribution < -0.4 is 0 Å². The maximum atomic E-state index is 12.7. The number of ether oxygens (including phenoxy) is 3. The van der Waals surface area contributed by atoms with Gasteiger partial charge in [0.25, 0.3) is 0 Å². The largest absolute Gasteiger partial charge is 0.468 e. The fraction of sp³-hybridized carbons (Fsp3) is 0.500. The fourth-order valence-electron chi connectivity index (χ4n) is 4.17. The molecule has 0 bridgehead atoms. The molecular formula is C18H20O6. The molecule has 3 rings (SSSR count). The third-order valence-corrected chi connectivity index (χ3v) is 5.38. The molecule has 1 aliphatic carbocycles. The first-order chi connectivity index (χ1) is 11.4. The minimum Gasteiger partial charge on any atom is -0.468 e. The summed E-state index contributed by atoms with van der Waals surface area (Å²) in [5.74, 6) is -3.02. The molecule has 1 aromatic rings. The second-order valence-electron chi connectivity index (χ2n) is 6.55. The Morgan fingerprint density at radius 1 is 1.04 bits per heavy atom. The third-order valence-electron chi connectivity index (χ3n) is 5.38. The van der Waals surface area contributed by atoms with Crippen molar-refractivity contribution in [2.75, 3.05) is 14.2 Å². The van der Waals surface area contributed by atoms with Crippen molar-refractivity contribution in [3.8, 4) is 0 Å². The number of rotatable bonds is 3. The summed E-state index contributed by atoms with van der Waals surface area (Å²) in [7, 11) is 2.48. The number of methoxy groups -OCH3 is 2. The fourth-order valence-corrected chi connectivity index (χ4v) is 4.17. The average Bonchev–Trinajstić information content (AvgIpc) is 2.60. The van der Waals surface area contributed by atoms with E-state index < -0.39 is 40.8 Å². The second-order valence-corrected chi connectivity index (χ2v) is 6.55. The zero-order chi connectivity index (χ0) is 17.5. The Balaban J connectivity index is 2.21. The Labute approximate surface area is 140 Å². The predicted molar refractivity (Wildman–Crippen MR) is 82.9 cm³/mol. The van der Waals surface area contributed by atoms with Crippen molar-refractivity contribution in [3.63, 3.8) is 0 Å². The molecule has 2 fully saturated rings. The Hall–Kier alpha value is -2.37. The molecular weight excluding hydrogens is 312 g/mol. The lowest BCUT2D eigenvalue weighted by Crippen LogP contribution is -2.66. The molecule has 0 radical (unpaired) electrons. The van der Waals surface area contributed by atoms with E-state index in [9.17, 15) is 14.4 Å². The Morgan fingerprint density at radius 3 is 2.12 bits per heavy atom. The van der Waals surface area contributed by atoms with Gasteiger partial charge < -0.3 is 14.2 Å². The SMILES string of the molecule is COC(=O)C1(C(=O)OC)CC[C@@]2(C)OC(=O)[C@H]2[C@@H]1c1ccccc1. The highest BCUT2D eigenvalue weighted by Crippen LogP contribution is 2.60. The minimum absolute atomic E-state index is 0.201. The molecule has 6 heteroatoms. The van der Waals surface area contributed by atoms with E-state index in [4.69, 9.17) is 14.2 Å². The molecule has 2 aliphatic rings. The van der Waals surface area contributed by atoms with Crippen LogP contribution in [0.5, 0.6) is 0 Å². The molecule has 6 nitrogen and oxygen atoms in total. The van der Waals surface area contributed by atoms with Gasteiger partial charge in [0, 0.05) is 5.92 Å². The average molecular weight is 332 g/mol. The minimum atomic E-state index is -1.55. The van der Waals surface area contributed by atoms with E-state index in [0.29, 0.717) is 6.42 Å². The highest BCUT2D eigenvalue weighted by molar-refractivity contribution is 6.03. The lowest BCUT2D eigenvalue weighted by atomic mass is 9.52. The van der Waals surface area contributed by atoms with Crippen molar-refractivity contribution < 1.29 is 28.6 Å². The first kappa shape index (κ1) is 16.5. The van der Waals surface area contributed by atoms with Crippen molar-refractivity contribution in [2.24, 2.45) is 11.3 Å². The van der Waals surface area contributed by atoms with Gasteiger partial charge >= 0.3 is 17.9 Å². The maximum Gasteiger partial charge on any atom is 0.323 e. The van der Waals surface area contributed by atoms with Crippen LogP contribution in [0.15, 0.2) is 30.3 Å². The molecule has 1 aliphatic heterocycles. The summed E-state index contributed by atoms with van der Waals surface area (Å²) >= 11 is 0. The summed E-state index contributed by atoms with van der Waals surface area (Å²) in [4.78, 5) is 37.6. The van der Waals surface area contributed by atoms with Gasteiger partial charge in [-0.3, -0.25) is 14.4 Å². The highest BCUT2D eigenvalue weighted by Gasteiger charge is 2.70. The van der Waals surface area contributed by atoms with E-state index in [1.807, 2.05) is 37.3 Å². The van der Waals surface area contributed by atoms with Gasteiger partial charge in [-0.15, -0.1) is 0 Å². The quantitative estimate of drug-likeness (QED) is 0.477. The highest BCUT2D eigenvalue weighted by atomic mass is 16.6. The van der Waals surface area contributed by atoms with Crippen LogP contribution in [-0.4, -0.2) is 37.7 Å². The third kappa shape index (κ3) is 2.05. The lowest BCUT2D eigenvalue weighted by Gasteiger charge is -2.56. The van der Waals surface area contributed by atoms with E-state index in [-0.39, 0.29) is 6.42 Å². The van der Waals surface area contributed by atoms with Crippen molar-refractivity contribution in [1.82, 2.24) is 0 Å². The molecule has 0 amide bonds. The topological polar surface area (TPSA) is 78.9 Å². The normalized spacial score (nSPS) is 30.4.